The van der Waals surface area contributed by atoms with Crippen molar-refractivity contribution in [1.29, 1.82) is 0 Å². The molecule has 7 atom stereocenters. The van der Waals surface area contributed by atoms with E-state index in [1.807, 2.05) is 87.9 Å². The monoisotopic (exact) mass is 1160 g/mol. The number of carbonyl (C=O) groups excluding carboxylic acids is 8. The Morgan fingerprint density at radius 3 is 2.09 bits per heavy atom. The molecule has 85 heavy (non-hydrogen) atoms. The number of unbranched alkanes of at least 4 members (excludes halogenated alkanes) is 3. The van der Waals surface area contributed by atoms with Gasteiger partial charge in [0.15, 0.2) is 5.78 Å². The highest BCUT2D eigenvalue weighted by Gasteiger charge is 2.62. The molecule has 9 aliphatic rings. The molecule has 446 valence electrons. The van der Waals surface area contributed by atoms with E-state index in [1.54, 1.807) is 6.07 Å². The Hall–Kier alpha value is -8.55. The number of benzene rings is 3. The molecule has 2 saturated heterocycles. The third-order valence-electron chi connectivity index (χ3n) is 17.6. The summed E-state index contributed by atoms with van der Waals surface area (Å²) in [5, 5.41) is 30.1. The molecule has 6 aliphatic carbocycles. The van der Waals surface area contributed by atoms with Crippen LogP contribution in [0.25, 0.3) is 33.4 Å². The second-order valence-electron chi connectivity index (χ2n) is 24.5. The molecule has 3 fully saturated rings. The maximum absolute atomic E-state index is 14.3. The molecule has 2 aromatic carbocycles. The lowest BCUT2D eigenvalue weighted by Gasteiger charge is -2.51. The van der Waals surface area contributed by atoms with Crippen molar-refractivity contribution in [3.8, 4) is 22.5 Å². The summed E-state index contributed by atoms with van der Waals surface area (Å²) in [5.41, 5.74) is 2.85. The van der Waals surface area contributed by atoms with Crippen LogP contribution in [0, 0.1) is 40.9 Å². The van der Waals surface area contributed by atoms with Crippen molar-refractivity contribution in [3.05, 3.63) is 107 Å². The normalized spacial score (nSPS) is 22.5. The number of carboxylic acid groups (broad SMARTS) is 1. The summed E-state index contributed by atoms with van der Waals surface area (Å²) in [6.07, 6.45) is 11.1. The minimum absolute atomic E-state index is 0.00915. The SMILES string of the molecule is CN(C)c1ccc2c(-c3cc(C(=O)NCCCCC(N=C(CCCN4C(=O)C5C6C=CC(C7C=CC76)C5C4=O)C4=C(O)CC(C)(C)CC4=O)C(=O)NCCCCCC(=O)ON4C(=O)CCC4=O)ccc3C(=O)O)c3ccc(=[N+](C)C)cc-3oc2c1. The number of allylic oxidation sites excluding steroid dienone is 6. The number of anilines is 1. The average Bonchev–Trinajstić information content (AvgIpc) is 1.77. The molecule has 2 bridgehead atoms. The quantitative estimate of drug-likeness (QED) is 0.0143. The molecule has 0 aromatic heterocycles. The molecular weight excluding hydrogens is 1090 g/mol. The first-order valence-corrected chi connectivity index (χ1v) is 29.5. The Kier molecular flexibility index (Phi) is 17.2. The number of ketones is 1. The van der Waals surface area contributed by atoms with Crippen LogP contribution in [-0.4, -0.2) is 133 Å². The molecule has 4 N–H and O–H groups in total. The van der Waals surface area contributed by atoms with Gasteiger partial charge in [-0.25, -0.2) is 14.2 Å². The van der Waals surface area contributed by atoms with Gasteiger partial charge >= 0.3 is 11.9 Å². The highest BCUT2D eigenvalue weighted by Crippen LogP contribution is 2.58. The van der Waals surface area contributed by atoms with Gasteiger partial charge in [-0.3, -0.25) is 43.5 Å². The number of hydrogen-bond acceptors (Lipinski definition) is 14. The lowest BCUT2D eigenvalue weighted by molar-refractivity contribution is -0.197. The second kappa shape index (κ2) is 24.6. The van der Waals surface area contributed by atoms with E-state index in [1.165, 1.54) is 17.0 Å². The van der Waals surface area contributed by atoms with E-state index in [0.717, 1.165) is 11.0 Å². The Morgan fingerprint density at radius 2 is 1.45 bits per heavy atom. The largest absolute Gasteiger partial charge is 0.511 e. The fraction of sp³-hybridized carbons (Fsp3) is 0.462. The minimum Gasteiger partial charge on any atom is -0.511 e. The first-order valence-electron chi connectivity index (χ1n) is 29.5. The smallest absolute Gasteiger partial charge is 0.336 e. The molecule has 1 saturated carbocycles. The fourth-order valence-corrected chi connectivity index (χ4v) is 13.2. The molecule has 6 amide bonds. The first kappa shape index (κ1) is 59.6. The predicted octanol–water partition coefficient (Wildman–Crippen LogP) is 7.19. The van der Waals surface area contributed by atoms with Gasteiger partial charge in [0.2, 0.25) is 23.1 Å². The highest BCUT2D eigenvalue weighted by atomic mass is 16.7. The van der Waals surface area contributed by atoms with Crippen LogP contribution in [0.4, 0.5) is 5.69 Å². The maximum atomic E-state index is 14.3. The van der Waals surface area contributed by atoms with Gasteiger partial charge in [0.1, 0.15) is 37.2 Å². The minimum atomic E-state index is -1.18. The number of hydroxylamine groups is 2. The number of amides is 6. The number of aliphatic hydroxyl groups excluding tert-OH is 1. The number of likely N-dealkylation sites (tertiary alicyclic amines) is 1. The van der Waals surface area contributed by atoms with E-state index in [4.69, 9.17) is 14.2 Å². The third-order valence-corrected chi connectivity index (χ3v) is 17.6. The lowest BCUT2D eigenvalue weighted by Crippen LogP contribution is -2.50. The zero-order valence-electron chi connectivity index (χ0n) is 49.0. The van der Waals surface area contributed by atoms with Crippen LogP contribution < -0.4 is 25.5 Å². The summed E-state index contributed by atoms with van der Waals surface area (Å²) in [6, 6.07) is 14.8. The molecule has 7 unspecified atom stereocenters. The number of nitrogens with one attached hydrogen (secondary N) is 2. The van der Waals surface area contributed by atoms with Crippen LogP contribution in [0.5, 0.6) is 0 Å². The van der Waals surface area contributed by atoms with Gasteiger partial charge in [-0.2, -0.15) is 0 Å². The van der Waals surface area contributed by atoms with Crippen molar-refractivity contribution >= 4 is 75.5 Å². The molecule has 2 aromatic rings. The zero-order valence-corrected chi connectivity index (χ0v) is 49.0. The standard InChI is InChI=1S/C65H73N7O13/c1-65(2)34-49(73)59(50(74)35-65)47(14-12-30-71-62(80)57-41-24-25-42(58(57)63(71)81)40-23-22-39(40)41)68-48(61(79)67-28-10-7-8-15-55(77)85-72-53(75)26-27-54(72)76)13-9-11-29-66-60(78)36-16-19-43(64(82)83)46(31-36)56-44-20-17-37(69(3)4)32-51(44)84-52-33-38(70(5)6)18-21-45(52)56/h16-25,31-33,39-42,48,57-58H,7-15,26-30,34-35H2,1-6H3,(H3-,66,67,68,73,74,78,79,82,83)/p+1. The van der Waals surface area contributed by atoms with Gasteiger partial charge in [0, 0.05) is 106 Å². The number of aromatic carboxylic acids is 1. The number of carboxylic acids is 1. The molecule has 0 spiro atoms. The number of aliphatic imine (C=N–C) groups is 1. The number of aliphatic hydroxyl groups is 1. The van der Waals surface area contributed by atoms with Crippen LogP contribution in [0.15, 0.2) is 99.6 Å². The number of imide groups is 2. The Bertz CT molecular complexity index is 3550. The summed E-state index contributed by atoms with van der Waals surface area (Å²) < 4.78 is 8.42. The van der Waals surface area contributed by atoms with Gasteiger partial charge in [0.25, 0.3) is 17.7 Å². The van der Waals surface area contributed by atoms with Crippen LogP contribution in [0.1, 0.15) is 118 Å². The number of carbonyl (C=O) groups is 9. The van der Waals surface area contributed by atoms with Gasteiger partial charge in [-0.1, -0.05) is 44.6 Å². The van der Waals surface area contributed by atoms with E-state index >= 15 is 0 Å². The van der Waals surface area contributed by atoms with Gasteiger partial charge in [0.05, 0.1) is 34.8 Å². The fourth-order valence-electron chi connectivity index (χ4n) is 13.2. The number of rotatable bonds is 23. The van der Waals surface area contributed by atoms with Crippen molar-refractivity contribution in [3.63, 3.8) is 0 Å². The first-order chi connectivity index (χ1) is 40.6. The van der Waals surface area contributed by atoms with E-state index < -0.39 is 58.9 Å². The van der Waals surface area contributed by atoms with E-state index in [0.29, 0.717) is 70.6 Å². The number of nitrogens with zero attached hydrogens (tertiary/aromatic N) is 5. The van der Waals surface area contributed by atoms with Crippen LogP contribution in [0.3, 0.4) is 0 Å². The molecule has 11 rings (SSSR count). The number of hydrogen-bond donors (Lipinski definition) is 4. The molecule has 0 radical (unpaired) electrons. The Balaban J connectivity index is 0.858. The predicted molar refractivity (Wildman–Crippen MR) is 316 cm³/mol. The van der Waals surface area contributed by atoms with Crippen LogP contribution in [0.2, 0.25) is 0 Å². The van der Waals surface area contributed by atoms with Gasteiger partial charge < -0.3 is 35.0 Å². The van der Waals surface area contributed by atoms with Gasteiger partial charge in [-0.05, 0) is 116 Å². The van der Waals surface area contributed by atoms with Crippen molar-refractivity contribution in [2.24, 2.45) is 45.9 Å². The highest BCUT2D eigenvalue weighted by molar-refractivity contribution is 6.23. The summed E-state index contributed by atoms with van der Waals surface area (Å²) in [6.45, 7) is 4.17. The average molecular weight is 1160 g/mol. The summed E-state index contributed by atoms with van der Waals surface area (Å²) in [7, 11) is 7.64. The molecular formula is C65H74N7O13+. The van der Waals surface area contributed by atoms with Crippen molar-refractivity contribution in [1.82, 2.24) is 25.2 Å². The number of fused-ring (bicyclic) bond motifs is 2. The summed E-state index contributed by atoms with van der Waals surface area (Å²) in [4.78, 5) is 133. The van der Waals surface area contributed by atoms with Crippen LogP contribution >= 0.6 is 0 Å². The van der Waals surface area contributed by atoms with Crippen molar-refractivity contribution < 1.29 is 62.6 Å². The Labute approximate surface area is 492 Å². The van der Waals surface area contributed by atoms with Crippen molar-refractivity contribution in [2.75, 3.05) is 52.7 Å². The van der Waals surface area contributed by atoms with Crippen LogP contribution in [-0.2, 0) is 38.4 Å². The second-order valence-corrected chi connectivity index (χ2v) is 24.5. The number of Topliss-reactive ketones (excluding diaryl/α,β-unsaturated/α-hetero) is 1. The zero-order chi connectivity index (χ0) is 60.6. The summed E-state index contributed by atoms with van der Waals surface area (Å²) >= 11 is 0. The van der Waals surface area contributed by atoms with Gasteiger partial charge in [-0.15, -0.1) is 5.06 Å². The molecule has 20 nitrogen and oxygen atoms in total. The topological polar surface area (TPSA) is 266 Å². The van der Waals surface area contributed by atoms with Crippen molar-refractivity contribution in [2.45, 2.75) is 103 Å². The van der Waals surface area contributed by atoms with E-state index in [-0.39, 0.29) is 140 Å². The lowest BCUT2D eigenvalue weighted by atomic mass is 9.50. The maximum Gasteiger partial charge on any atom is 0.336 e. The molecule has 3 aliphatic heterocycles. The summed E-state index contributed by atoms with van der Waals surface area (Å²) in [5.74, 6) is -4.77. The van der Waals surface area contributed by atoms with E-state index in [2.05, 4.69) is 34.9 Å². The van der Waals surface area contributed by atoms with E-state index in [9.17, 15) is 53.4 Å². The Morgan fingerprint density at radius 1 is 0.776 bits per heavy atom. The third kappa shape index (κ3) is 12.2. The molecule has 20 heteroatoms. The molecule has 3 heterocycles.